The van der Waals surface area contributed by atoms with Gasteiger partial charge in [-0.15, -0.1) is 0 Å². The van der Waals surface area contributed by atoms with Gasteiger partial charge in [0.05, 0.1) is 26.6 Å². The van der Waals surface area contributed by atoms with Crippen LogP contribution in [0.3, 0.4) is 0 Å². The third kappa shape index (κ3) is 7.46. The fourth-order valence-electron chi connectivity index (χ4n) is 5.43. The molecule has 4 aromatic rings. The number of aryl methyl sites for hydroxylation is 1. The number of hydrogen-bond donors (Lipinski definition) is 10. The molecule has 0 saturated carbocycles. The molecule has 2 aliphatic rings. The van der Waals surface area contributed by atoms with E-state index in [2.05, 4.69) is 42.6 Å². The summed E-state index contributed by atoms with van der Waals surface area (Å²) in [5.41, 5.74) is 9.32. The molecule has 0 aromatic carbocycles. The minimum atomic E-state index is -6.06. The van der Waals surface area contributed by atoms with Gasteiger partial charge < -0.3 is 60.6 Å². The van der Waals surface area contributed by atoms with E-state index >= 15 is 0 Å². The summed E-state index contributed by atoms with van der Waals surface area (Å²) in [6.07, 6.45) is -11.2. The van der Waals surface area contributed by atoms with Crippen molar-refractivity contribution in [2.24, 2.45) is 7.05 Å². The zero-order chi connectivity index (χ0) is 38.1. The number of rotatable bonds is 12. The number of aliphatic hydroxyl groups excluding tert-OH is 4. The first-order chi connectivity index (χ1) is 24.2. The normalized spacial score (nSPS) is 30.1. The number of nitrogen functional groups attached to an aromatic ring is 2. The minimum absolute atomic E-state index is 0.000174. The quantitative estimate of drug-likeness (QED) is 0.0473. The van der Waals surface area contributed by atoms with E-state index in [9.17, 15) is 58.4 Å². The number of aliphatic hydroxyl groups is 4. The van der Waals surface area contributed by atoms with Crippen LogP contribution in [0.5, 0.6) is 0 Å². The lowest BCUT2D eigenvalue weighted by molar-refractivity contribution is -0.745. The summed E-state index contributed by atoms with van der Waals surface area (Å²) in [4.78, 5) is 72.8. The number of nitrogens with one attached hydrogen (secondary N) is 2. The molecule has 11 atom stereocenters. The van der Waals surface area contributed by atoms with E-state index in [0.717, 1.165) is 15.5 Å². The van der Waals surface area contributed by atoms with E-state index in [1.165, 1.54) is 17.9 Å². The van der Waals surface area contributed by atoms with Gasteiger partial charge in [-0.25, -0.2) is 23.0 Å². The van der Waals surface area contributed by atoms with Crippen LogP contribution in [0.4, 0.5) is 11.9 Å². The molecule has 2 fully saturated rings. The van der Waals surface area contributed by atoms with Crippen molar-refractivity contribution in [2.75, 3.05) is 24.7 Å². The van der Waals surface area contributed by atoms with E-state index < -0.39 is 96.9 Å². The Hall–Kier alpha value is -3.53. The molecule has 4 aromatic heterocycles. The number of ether oxygens (including phenoxy) is 2. The molecule has 2 aliphatic heterocycles. The lowest BCUT2D eigenvalue weighted by atomic mass is 10.1. The van der Waals surface area contributed by atoms with Crippen molar-refractivity contribution in [3.05, 3.63) is 33.4 Å². The molecule has 6 rings (SSSR count). The smallest absolute Gasteiger partial charge is 0.487 e. The average Bonchev–Trinajstić information content (AvgIpc) is 3.74. The number of nitrogens with two attached hydrogens (primary N) is 2. The van der Waals surface area contributed by atoms with Crippen molar-refractivity contribution in [3.63, 3.8) is 0 Å². The van der Waals surface area contributed by atoms with Gasteiger partial charge in [0.25, 0.3) is 24.9 Å². The minimum Gasteiger partial charge on any atom is -0.756 e. The van der Waals surface area contributed by atoms with Crippen LogP contribution in [0.15, 0.2) is 22.2 Å². The predicted octanol–water partition coefficient (Wildman–Crippen LogP) is -5.18. The Morgan fingerprint density at radius 1 is 0.904 bits per heavy atom. The molecule has 2 saturated heterocycles. The van der Waals surface area contributed by atoms with Crippen molar-refractivity contribution in [1.29, 1.82) is 0 Å². The van der Waals surface area contributed by atoms with E-state index in [-0.39, 0.29) is 34.2 Å². The Morgan fingerprint density at radius 3 is 2.23 bits per heavy atom. The number of hydrogen-bond acceptors (Lipinski definition) is 21. The van der Waals surface area contributed by atoms with Crippen molar-refractivity contribution >= 4 is 57.7 Å². The molecule has 0 spiro atoms. The van der Waals surface area contributed by atoms with Gasteiger partial charge in [0, 0.05) is 0 Å². The van der Waals surface area contributed by atoms with Gasteiger partial charge in [0.15, 0.2) is 23.7 Å². The summed E-state index contributed by atoms with van der Waals surface area (Å²) in [6.45, 7) is -2.25. The zero-order valence-electron chi connectivity index (χ0n) is 25.9. The summed E-state index contributed by atoms with van der Waals surface area (Å²) >= 11 is 0. The highest BCUT2D eigenvalue weighted by Gasteiger charge is 2.49. The largest absolute Gasteiger partial charge is 0.756 e. The highest BCUT2D eigenvalue weighted by atomic mass is 31.3. The summed E-state index contributed by atoms with van der Waals surface area (Å²) in [5.74, 6) is -0.602. The summed E-state index contributed by atoms with van der Waals surface area (Å²) in [7, 11) is -16.3. The molecule has 0 amide bonds. The highest BCUT2D eigenvalue weighted by Crippen LogP contribution is 2.66. The van der Waals surface area contributed by atoms with Crippen LogP contribution in [0.2, 0.25) is 0 Å². The molecule has 52 heavy (non-hydrogen) atoms. The van der Waals surface area contributed by atoms with E-state index in [0.29, 0.717) is 0 Å². The monoisotopic (exact) mass is 802 g/mol. The molecule has 31 heteroatoms. The summed E-state index contributed by atoms with van der Waals surface area (Å²) in [6, 6.07) is 0. The maximum Gasteiger partial charge on any atom is 0.487 e. The van der Waals surface area contributed by atoms with Gasteiger partial charge in [-0.2, -0.15) is 9.29 Å². The molecular formula is C21H29N10O18P3. The second-order valence-electron chi connectivity index (χ2n) is 11.3. The first-order valence-electron chi connectivity index (χ1n) is 14.4. The van der Waals surface area contributed by atoms with Gasteiger partial charge in [-0.05, 0) is 0 Å². The van der Waals surface area contributed by atoms with Crippen LogP contribution in [-0.2, 0) is 47.9 Å². The first kappa shape index (κ1) is 38.2. The van der Waals surface area contributed by atoms with Gasteiger partial charge in [-0.1, -0.05) is 4.98 Å². The number of phosphoric ester groups is 2. The molecular weight excluding hydrogens is 773 g/mol. The number of aromatic nitrogens is 8. The van der Waals surface area contributed by atoms with E-state index in [1.54, 1.807) is 0 Å². The molecule has 0 radical (unpaired) electrons. The number of anilines is 2. The van der Waals surface area contributed by atoms with Gasteiger partial charge in [-0.3, -0.25) is 37.8 Å². The number of H-pyrrole nitrogens is 2. The molecule has 7 unspecified atom stereocenters. The van der Waals surface area contributed by atoms with Crippen LogP contribution in [0.1, 0.15) is 12.5 Å². The van der Waals surface area contributed by atoms with Gasteiger partial charge >= 0.3 is 21.3 Å². The number of fused-ring (bicyclic) bond motifs is 2. The Balaban J connectivity index is 1.05. The third-order valence-electron chi connectivity index (χ3n) is 7.67. The molecule has 0 aliphatic carbocycles. The molecule has 6 heterocycles. The second-order valence-corrected chi connectivity index (χ2v) is 15.9. The second kappa shape index (κ2) is 13.7. The average molecular weight is 802 g/mol. The van der Waals surface area contributed by atoms with Crippen molar-refractivity contribution in [3.8, 4) is 0 Å². The lowest BCUT2D eigenvalue weighted by Crippen LogP contribution is -2.46. The standard InChI is InChI=1S/C21H29N10O18P3/c1-29-5-31(15-9(29)17(37)28-21(23)26-15)19-13(35)11(33)7(47-19)3-45-51(40,41)49-52(42,43)48-50(38,39)44-2-6-10(32)12(34)18(46-6)30-4-24-8-14(30)25-20(22)27-16(8)36/h4-7,10-13,18-19,32-35H,2-3H2,1H3,(H8-,22,23,25,26,27,28,36,37,38,39,40,41,42,43)/t6?,7?,10-,11-,12-,13+,18?,19?/m1/s1. The summed E-state index contributed by atoms with van der Waals surface area (Å²) in [5, 5.41) is 42.0. The number of phosphoric acid groups is 3. The Labute approximate surface area is 286 Å². The third-order valence-corrected chi connectivity index (χ3v) is 11.9. The highest BCUT2D eigenvalue weighted by molar-refractivity contribution is 7.66. The van der Waals surface area contributed by atoms with Crippen LogP contribution in [0.25, 0.3) is 22.3 Å². The first-order valence-corrected chi connectivity index (χ1v) is 18.8. The molecule has 286 valence electrons. The van der Waals surface area contributed by atoms with Crippen molar-refractivity contribution < 1.29 is 80.5 Å². The molecule has 12 N–H and O–H groups in total. The molecule has 0 bridgehead atoms. The SMILES string of the molecule is Cn1c[n+](C2OC(COP(=O)([O-])OP(=O)(O)OP(=O)(O)OCC3OC(n4cnc5c(=O)[nH]c(N)nc54)[C@H](O)[C@@H]3O)[C@@H](O)[C@@H]2O)c2nc(N)[nH]c(=O)c21. The Morgan fingerprint density at radius 2 is 1.52 bits per heavy atom. The predicted molar refractivity (Wildman–Crippen MR) is 162 cm³/mol. The maximum absolute atomic E-state index is 12.4. The molecule has 28 nitrogen and oxygen atoms in total. The van der Waals surface area contributed by atoms with Gasteiger partial charge in [0.1, 0.15) is 36.6 Å². The Bertz CT molecular complexity index is 2280. The summed E-state index contributed by atoms with van der Waals surface area (Å²) < 4.78 is 68.6. The number of nitrogens with zero attached hydrogens (tertiary/aromatic N) is 6. The topological polar surface area (TPSA) is 421 Å². The van der Waals surface area contributed by atoms with Crippen LogP contribution < -0.4 is 32.0 Å². The van der Waals surface area contributed by atoms with Crippen LogP contribution in [0, 0.1) is 0 Å². The van der Waals surface area contributed by atoms with Crippen LogP contribution >= 0.6 is 23.5 Å². The van der Waals surface area contributed by atoms with E-state index in [4.69, 9.17) is 20.9 Å². The Kier molecular flexibility index (Phi) is 10.1. The van der Waals surface area contributed by atoms with Crippen LogP contribution in [-0.4, -0.2) is 114 Å². The maximum atomic E-state index is 12.4. The fraction of sp³-hybridized carbons (Fsp3) is 0.524. The van der Waals surface area contributed by atoms with Crippen molar-refractivity contribution in [1.82, 2.24) is 34.1 Å². The van der Waals surface area contributed by atoms with E-state index in [1.807, 2.05) is 0 Å². The van der Waals surface area contributed by atoms with Gasteiger partial charge in [0.2, 0.25) is 17.7 Å². The fourth-order valence-corrected chi connectivity index (χ4v) is 8.91. The number of aromatic amines is 2. The van der Waals surface area contributed by atoms with Crippen molar-refractivity contribution in [2.45, 2.75) is 49.1 Å². The lowest BCUT2D eigenvalue weighted by Gasteiger charge is -2.26. The number of imidazole rings is 2. The zero-order valence-corrected chi connectivity index (χ0v) is 28.6.